The molecule has 5 nitrogen and oxygen atoms in total. The fourth-order valence-electron chi connectivity index (χ4n) is 3.75. The summed E-state index contributed by atoms with van der Waals surface area (Å²) >= 11 is 0. The van der Waals surface area contributed by atoms with Crippen molar-refractivity contribution in [1.82, 2.24) is 10.2 Å². The molecule has 2 atom stereocenters. The van der Waals surface area contributed by atoms with Crippen molar-refractivity contribution < 1.29 is 8.42 Å². The van der Waals surface area contributed by atoms with E-state index in [2.05, 4.69) is 17.3 Å². The van der Waals surface area contributed by atoms with Crippen molar-refractivity contribution >= 4 is 34.8 Å². The molecule has 8 heteroatoms. The van der Waals surface area contributed by atoms with Crippen LogP contribution in [0.5, 0.6) is 0 Å². The summed E-state index contributed by atoms with van der Waals surface area (Å²) in [4.78, 5) is 2.66. The number of likely N-dealkylation sites (tertiary alicyclic amines) is 1. The van der Waals surface area contributed by atoms with Crippen molar-refractivity contribution in [3.8, 4) is 0 Å². The van der Waals surface area contributed by atoms with Gasteiger partial charge >= 0.3 is 0 Å². The Balaban J connectivity index is 0.00000144. The maximum atomic E-state index is 11.6. The molecule has 1 aromatic rings. The molecule has 0 saturated carbocycles. The van der Waals surface area contributed by atoms with Crippen molar-refractivity contribution in [2.75, 3.05) is 20.1 Å². The Bertz CT molecular complexity index is 655. The summed E-state index contributed by atoms with van der Waals surface area (Å²) in [6.45, 7) is 2.14. The van der Waals surface area contributed by atoms with Gasteiger partial charge in [0.1, 0.15) is 0 Å². The molecule has 0 radical (unpaired) electrons. The molecule has 0 spiro atoms. The lowest BCUT2D eigenvalue weighted by Crippen LogP contribution is -2.32. The summed E-state index contributed by atoms with van der Waals surface area (Å²) in [5, 5.41) is 8.81. The van der Waals surface area contributed by atoms with Crippen LogP contribution in [0.15, 0.2) is 23.1 Å². The molecule has 138 valence electrons. The predicted molar refractivity (Wildman–Crippen MR) is 102 cm³/mol. The van der Waals surface area contributed by atoms with E-state index < -0.39 is 10.0 Å². The van der Waals surface area contributed by atoms with Crippen LogP contribution in [0.25, 0.3) is 0 Å². The number of hydrogen-bond donors (Lipinski definition) is 2. The molecule has 0 amide bonds. The van der Waals surface area contributed by atoms with Gasteiger partial charge in [0, 0.05) is 12.1 Å². The molecule has 3 rings (SSSR count). The van der Waals surface area contributed by atoms with Gasteiger partial charge in [-0.1, -0.05) is 6.07 Å². The average Bonchev–Trinajstić information content (AvgIpc) is 2.89. The van der Waals surface area contributed by atoms with Crippen molar-refractivity contribution in [2.45, 2.75) is 49.1 Å². The lowest BCUT2D eigenvalue weighted by Gasteiger charge is -2.29. The van der Waals surface area contributed by atoms with Gasteiger partial charge in [0.05, 0.1) is 4.90 Å². The quantitative estimate of drug-likeness (QED) is 0.819. The second kappa shape index (κ2) is 8.83. The summed E-state index contributed by atoms with van der Waals surface area (Å²) in [5.74, 6) is 0. The highest BCUT2D eigenvalue weighted by atomic mass is 35.5. The second-order valence-electron chi connectivity index (χ2n) is 6.52. The molecule has 0 aliphatic carbocycles. The van der Waals surface area contributed by atoms with Gasteiger partial charge in [-0.25, -0.2) is 13.6 Å². The molecule has 0 aromatic heterocycles. The van der Waals surface area contributed by atoms with Crippen molar-refractivity contribution in [3.63, 3.8) is 0 Å². The number of nitrogens with zero attached hydrogens (tertiary/aromatic N) is 1. The van der Waals surface area contributed by atoms with Crippen LogP contribution in [-0.4, -0.2) is 39.5 Å². The van der Waals surface area contributed by atoms with Gasteiger partial charge in [-0.05, 0) is 75.5 Å². The Morgan fingerprint density at radius 2 is 2.04 bits per heavy atom. The zero-order valence-corrected chi connectivity index (χ0v) is 16.4. The number of primary sulfonamides is 1. The highest BCUT2D eigenvalue weighted by Gasteiger charge is 2.25. The largest absolute Gasteiger partial charge is 0.310 e. The maximum Gasteiger partial charge on any atom is 0.238 e. The van der Waals surface area contributed by atoms with E-state index in [9.17, 15) is 8.42 Å². The lowest BCUT2D eigenvalue weighted by molar-refractivity contribution is 0.279. The normalized spacial score (nSPS) is 23.9. The third-order valence-corrected chi connectivity index (χ3v) is 5.98. The molecule has 1 aromatic carbocycles. The first-order valence-electron chi connectivity index (χ1n) is 8.04. The van der Waals surface area contributed by atoms with Gasteiger partial charge in [0.15, 0.2) is 0 Å². The minimum Gasteiger partial charge on any atom is -0.310 e. The highest BCUT2D eigenvalue weighted by Crippen LogP contribution is 2.30. The number of nitrogens with one attached hydrogen (secondary N) is 1. The van der Waals surface area contributed by atoms with Crippen LogP contribution in [-0.2, 0) is 16.4 Å². The summed E-state index contributed by atoms with van der Waals surface area (Å²) in [6.07, 6.45) is 5.68. The highest BCUT2D eigenvalue weighted by molar-refractivity contribution is 7.89. The standard InChI is InChI=1S/C16H25N3O2S.2ClH/c1-19-10-2-3-13(19)5-7-16-15-11-14(22(17,20)21)6-4-12(15)8-9-18-16;;/h4,6,11,13,16,18H,2-3,5,7-10H2,1H3,(H2,17,20,21);2*1H/t13-,16?;;/m0../s1. The van der Waals surface area contributed by atoms with E-state index in [1.54, 1.807) is 12.1 Å². The first-order chi connectivity index (χ1) is 10.4. The van der Waals surface area contributed by atoms with E-state index in [4.69, 9.17) is 5.14 Å². The molecular weight excluding hydrogens is 369 g/mol. The molecular formula is C16H27Cl2N3O2S. The summed E-state index contributed by atoms with van der Waals surface area (Å²) in [7, 11) is -1.44. The first-order valence-corrected chi connectivity index (χ1v) is 9.59. The Morgan fingerprint density at radius 1 is 1.29 bits per heavy atom. The van der Waals surface area contributed by atoms with Gasteiger partial charge in [-0.2, -0.15) is 0 Å². The van der Waals surface area contributed by atoms with E-state index in [1.165, 1.54) is 24.9 Å². The zero-order valence-electron chi connectivity index (χ0n) is 13.9. The number of hydrogen-bond acceptors (Lipinski definition) is 4. The van der Waals surface area contributed by atoms with Crippen LogP contribution in [0.3, 0.4) is 0 Å². The Labute approximate surface area is 157 Å². The molecule has 1 saturated heterocycles. The van der Waals surface area contributed by atoms with E-state index >= 15 is 0 Å². The van der Waals surface area contributed by atoms with Crippen LogP contribution in [0.1, 0.15) is 42.9 Å². The van der Waals surface area contributed by atoms with Crippen molar-refractivity contribution in [3.05, 3.63) is 29.3 Å². The lowest BCUT2D eigenvalue weighted by atomic mass is 9.90. The number of benzene rings is 1. The molecule has 24 heavy (non-hydrogen) atoms. The minimum absolute atomic E-state index is 0. The van der Waals surface area contributed by atoms with Gasteiger partial charge < -0.3 is 10.2 Å². The van der Waals surface area contributed by atoms with Crippen LogP contribution in [0, 0.1) is 0 Å². The Morgan fingerprint density at radius 3 is 2.67 bits per heavy atom. The van der Waals surface area contributed by atoms with Crippen molar-refractivity contribution in [1.29, 1.82) is 0 Å². The molecule has 2 aliphatic heterocycles. The molecule has 1 fully saturated rings. The smallest absolute Gasteiger partial charge is 0.238 e. The third-order valence-electron chi connectivity index (χ3n) is 5.07. The second-order valence-corrected chi connectivity index (χ2v) is 8.08. The number of sulfonamides is 1. The first kappa shape index (κ1) is 21.7. The van der Waals surface area contributed by atoms with Gasteiger partial charge in [0.2, 0.25) is 10.0 Å². The van der Waals surface area contributed by atoms with Crippen LogP contribution in [0.2, 0.25) is 0 Å². The molecule has 2 aliphatic rings. The SMILES string of the molecule is CN1CCC[C@H]1CCC1NCCc2ccc(S(N)(=O)=O)cc21.Cl.Cl. The average molecular weight is 396 g/mol. The van der Waals surface area contributed by atoms with Crippen LogP contribution < -0.4 is 10.5 Å². The van der Waals surface area contributed by atoms with Crippen LogP contribution >= 0.6 is 24.8 Å². The molecule has 0 bridgehead atoms. The summed E-state index contributed by atoms with van der Waals surface area (Å²) in [6, 6.07) is 6.21. The van der Waals surface area contributed by atoms with Crippen molar-refractivity contribution in [2.24, 2.45) is 5.14 Å². The predicted octanol–water partition coefficient (Wildman–Crippen LogP) is 2.24. The molecule has 3 N–H and O–H groups in total. The van der Waals surface area contributed by atoms with Crippen LogP contribution in [0.4, 0.5) is 0 Å². The maximum absolute atomic E-state index is 11.6. The fraction of sp³-hybridized carbons (Fsp3) is 0.625. The Kier molecular flexibility index (Phi) is 7.97. The third kappa shape index (κ3) is 4.84. The number of fused-ring (bicyclic) bond motifs is 1. The molecule has 1 unspecified atom stereocenters. The zero-order chi connectivity index (χ0) is 15.7. The topological polar surface area (TPSA) is 75.4 Å². The van der Waals surface area contributed by atoms with E-state index in [0.717, 1.165) is 31.4 Å². The van der Waals surface area contributed by atoms with Gasteiger partial charge in [-0.3, -0.25) is 0 Å². The van der Waals surface area contributed by atoms with Gasteiger partial charge in [-0.15, -0.1) is 24.8 Å². The van der Waals surface area contributed by atoms with E-state index in [-0.39, 0.29) is 35.8 Å². The number of nitrogens with two attached hydrogens (primary N) is 1. The molecule has 2 heterocycles. The number of halogens is 2. The Hall–Kier alpha value is -0.370. The minimum atomic E-state index is -3.64. The summed E-state index contributed by atoms with van der Waals surface area (Å²) < 4.78 is 23.2. The van der Waals surface area contributed by atoms with Gasteiger partial charge in [0.25, 0.3) is 0 Å². The monoisotopic (exact) mass is 395 g/mol. The van der Waals surface area contributed by atoms with E-state index in [1.807, 2.05) is 6.07 Å². The fourth-order valence-corrected chi connectivity index (χ4v) is 4.30. The van der Waals surface area contributed by atoms with E-state index in [0.29, 0.717) is 6.04 Å². The number of rotatable bonds is 4. The summed E-state index contributed by atoms with van der Waals surface area (Å²) in [5.41, 5.74) is 2.36.